The molecule has 1 spiro atoms. The number of ether oxygens (including phenoxy) is 2. The molecule has 4 aliphatic rings. The molecule has 4 aliphatic heterocycles. The molecule has 31 heavy (non-hydrogen) atoms. The first-order valence-electron chi connectivity index (χ1n) is 10.4. The second-order valence-corrected chi connectivity index (χ2v) is 8.77. The number of anilines is 2. The van der Waals surface area contributed by atoms with Gasteiger partial charge in [-0.3, -0.25) is 19.7 Å². The summed E-state index contributed by atoms with van der Waals surface area (Å²) in [6.45, 7) is 4.09. The molecule has 0 bridgehead atoms. The molecule has 0 aromatic heterocycles. The van der Waals surface area contributed by atoms with Gasteiger partial charge in [-0.15, -0.1) is 0 Å². The molecule has 2 aromatic carbocycles. The van der Waals surface area contributed by atoms with E-state index in [9.17, 15) is 14.4 Å². The zero-order chi connectivity index (χ0) is 21.5. The summed E-state index contributed by atoms with van der Waals surface area (Å²) < 4.78 is 10.8. The Morgan fingerprint density at radius 3 is 2.61 bits per heavy atom. The SMILES string of the molecule is CC(C)[C@H]1N[C@]2(C(=O)Nc3ccccc32)[C@@H]2C(=O)N(c3ccc4c(c3)OCO4)C(=O)[C@@H]12. The minimum Gasteiger partial charge on any atom is -0.454 e. The topological polar surface area (TPSA) is 97.0 Å². The van der Waals surface area contributed by atoms with Crippen LogP contribution in [0.15, 0.2) is 42.5 Å². The molecule has 2 saturated heterocycles. The number of imide groups is 1. The number of hydrogen-bond acceptors (Lipinski definition) is 6. The maximum atomic E-state index is 13.8. The van der Waals surface area contributed by atoms with E-state index in [1.165, 1.54) is 4.90 Å². The third kappa shape index (κ3) is 2.20. The highest BCUT2D eigenvalue weighted by Crippen LogP contribution is 2.54. The van der Waals surface area contributed by atoms with Crippen LogP contribution < -0.4 is 25.0 Å². The minimum absolute atomic E-state index is 0.0425. The van der Waals surface area contributed by atoms with E-state index >= 15 is 0 Å². The van der Waals surface area contributed by atoms with Crippen molar-refractivity contribution in [2.24, 2.45) is 17.8 Å². The Labute approximate surface area is 178 Å². The Bertz CT molecular complexity index is 1160. The van der Waals surface area contributed by atoms with E-state index in [1.807, 2.05) is 38.1 Å². The zero-order valence-corrected chi connectivity index (χ0v) is 17.0. The van der Waals surface area contributed by atoms with Crippen molar-refractivity contribution >= 4 is 29.1 Å². The fraction of sp³-hybridized carbons (Fsp3) is 0.348. The summed E-state index contributed by atoms with van der Waals surface area (Å²) in [5, 5.41) is 6.33. The average molecular weight is 419 g/mol. The van der Waals surface area contributed by atoms with Gasteiger partial charge in [-0.05, 0) is 24.1 Å². The summed E-state index contributed by atoms with van der Waals surface area (Å²) in [6.07, 6.45) is 0. The minimum atomic E-state index is -1.27. The van der Waals surface area contributed by atoms with Crippen LogP contribution in [0.5, 0.6) is 11.5 Å². The molecule has 3 amide bonds. The first kappa shape index (κ1) is 18.4. The van der Waals surface area contributed by atoms with Gasteiger partial charge < -0.3 is 14.8 Å². The number of hydrogen-bond donors (Lipinski definition) is 2. The van der Waals surface area contributed by atoms with Gasteiger partial charge in [0.2, 0.25) is 24.5 Å². The average Bonchev–Trinajstić information content (AvgIpc) is 3.47. The molecular weight excluding hydrogens is 398 g/mol. The molecule has 0 unspecified atom stereocenters. The zero-order valence-electron chi connectivity index (χ0n) is 17.0. The number of rotatable bonds is 2. The highest BCUT2D eigenvalue weighted by Gasteiger charge is 2.70. The van der Waals surface area contributed by atoms with Crippen LogP contribution in [0.2, 0.25) is 0 Å². The van der Waals surface area contributed by atoms with E-state index in [0.717, 1.165) is 0 Å². The van der Waals surface area contributed by atoms with Crippen LogP contribution >= 0.6 is 0 Å². The molecule has 0 saturated carbocycles. The van der Waals surface area contributed by atoms with Crippen molar-refractivity contribution in [1.82, 2.24) is 5.32 Å². The van der Waals surface area contributed by atoms with Gasteiger partial charge in [0, 0.05) is 23.4 Å². The molecule has 0 aliphatic carbocycles. The molecule has 158 valence electrons. The van der Waals surface area contributed by atoms with Crippen molar-refractivity contribution in [3.8, 4) is 11.5 Å². The highest BCUT2D eigenvalue weighted by molar-refractivity contribution is 6.25. The third-order valence-corrected chi connectivity index (χ3v) is 6.89. The van der Waals surface area contributed by atoms with E-state index in [1.54, 1.807) is 18.2 Å². The fourth-order valence-corrected chi connectivity index (χ4v) is 5.54. The standard InChI is InChI=1S/C23H21N3O5/c1-11(2)19-17-18(23(25-19)13-5-3-4-6-14(13)24-22(23)29)21(28)26(20(17)27)12-7-8-15-16(9-12)31-10-30-15/h3-9,11,17-19,25H,10H2,1-2H3,(H,24,29)/t17-,18+,19-,23+/m1/s1. The summed E-state index contributed by atoms with van der Waals surface area (Å²) in [5.41, 5.74) is 0.545. The van der Waals surface area contributed by atoms with E-state index in [4.69, 9.17) is 9.47 Å². The Morgan fingerprint density at radius 1 is 1.03 bits per heavy atom. The number of fused-ring (bicyclic) bond motifs is 5. The van der Waals surface area contributed by atoms with Crippen LogP contribution in [0.3, 0.4) is 0 Å². The van der Waals surface area contributed by atoms with Gasteiger partial charge in [0.05, 0.1) is 17.5 Å². The predicted octanol–water partition coefficient (Wildman–Crippen LogP) is 2.00. The summed E-state index contributed by atoms with van der Waals surface area (Å²) in [7, 11) is 0. The van der Waals surface area contributed by atoms with Crippen LogP contribution in [0.1, 0.15) is 19.4 Å². The lowest BCUT2D eigenvalue weighted by Gasteiger charge is -2.30. The fourth-order valence-electron chi connectivity index (χ4n) is 5.54. The lowest BCUT2D eigenvalue weighted by Crippen LogP contribution is -2.54. The normalized spacial score (nSPS) is 30.4. The maximum Gasteiger partial charge on any atom is 0.250 e. The smallest absolute Gasteiger partial charge is 0.250 e. The van der Waals surface area contributed by atoms with Gasteiger partial charge in [0.15, 0.2) is 11.5 Å². The maximum absolute atomic E-state index is 13.8. The molecule has 4 atom stereocenters. The molecule has 8 heteroatoms. The Hall–Kier alpha value is -3.39. The second-order valence-electron chi connectivity index (χ2n) is 8.77. The largest absolute Gasteiger partial charge is 0.454 e. The Morgan fingerprint density at radius 2 is 1.81 bits per heavy atom. The summed E-state index contributed by atoms with van der Waals surface area (Å²) in [5.74, 6) is -1.33. The quantitative estimate of drug-likeness (QED) is 0.723. The van der Waals surface area contributed by atoms with Crippen molar-refractivity contribution in [3.63, 3.8) is 0 Å². The van der Waals surface area contributed by atoms with Gasteiger partial charge in [-0.25, -0.2) is 4.90 Å². The molecule has 2 fully saturated rings. The third-order valence-electron chi connectivity index (χ3n) is 6.89. The van der Waals surface area contributed by atoms with Crippen LogP contribution in [-0.2, 0) is 19.9 Å². The van der Waals surface area contributed by atoms with Crippen LogP contribution in [0.4, 0.5) is 11.4 Å². The predicted molar refractivity (Wildman–Crippen MR) is 111 cm³/mol. The Balaban J connectivity index is 1.50. The molecular formula is C23H21N3O5. The molecule has 4 heterocycles. The lowest BCUT2D eigenvalue weighted by atomic mass is 9.76. The van der Waals surface area contributed by atoms with Crippen LogP contribution in [-0.4, -0.2) is 30.6 Å². The van der Waals surface area contributed by atoms with Crippen molar-refractivity contribution in [1.29, 1.82) is 0 Å². The highest BCUT2D eigenvalue weighted by atomic mass is 16.7. The summed E-state index contributed by atoms with van der Waals surface area (Å²) in [4.78, 5) is 42.0. The van der Waals surface area contributed by atoms with Gasteiger partial charge >= 0.3 is 0 Å². The Kier molecular flexibility index (Phi) is 3.60. The van der Waals surface area contributed by atoms with Gasteiger partial charge in [0.1, 0.15) is 5.54 Å². The number of carbonyl (C=O) groups is 3. The van der Waals surface area contributed by atoms with Crippen LogP contribution in [0, 0.1) is 17.8 Å². The van der Waals surface area contributed by atoms with Gasteiger partial charge in [0.25, 0.3) is 0 Å². The molecule has 6 rings (SSSR count). The summed E-state index contributed by atoms with van der Waals surface area (Å²) >= 11 is 0. The van der Waals surface area contributed by atoms with E-state index < -0.39 is 17.4 Å². The van der Waals surface area contributed by atoms with E-state index in [0.29, 0.717) is 28.4 Å². The number of nitrogens with zero attached hydrogens (tertiary/aromatic N) is 1. The monoisotopic (exact) mass is 419 g/mol. The number of carbonyl (C=O) groups excluding carboxylic acids is 3. The second kappa shape index (κ2) is 6.07. The van der Waals surface area contributed by atoms with Crippen molar-refractivity contribution < 1.29 is 23.9 Å². The van der Waals surface area contributed by atoms with Crippen molar-refractivity contribution in [2.75, 3.05) is 17.0 Å². The van der Waals surface area contributed by atoms with Crippen molar-refractivity contribution in [3.05, 3.63) is 48.0 Å². The van der Waals surface area contributed by atoms with E-state index in [2.05, 4.69) is 10.6 Å². The first-order chi connectivity index (χ1) is 14.9. The number of para-hydroxylation sites is 1. The lowest BCUT2D eigenvalue weighted by molar-refractivity contribution is -0.130. The summed E-state index contributed by atoms with van der Waals surface area (Å²) in [6, 6.07) is 12.0. The van der Waals surface area contributed by atoms with Gasteiger partial charge in [-0.1, -0.05) is 32.0 Å². The van der Waals surface area contributed by atoms with Gasteiger partial charge in [-0.2, -0.15) is 0 Å². The molecule has 8 nitrogen and oxygen atoms in total. The number of amides is 3. The number of benzene rings is 2. The van der Waals surface area contributed by atoms with Crippen molar-refractivity contribution in [2.45, 2.75) is 25.4 Å². The molecule has 2 N–H and O–H groups in total. The molecule has 2 aromatic rings. The first-order valence-corrected chi connectivity index (χ1v) is 10.4. The molecule has 0 radical (unpaired) electrons. The van der Waals surface area contributed by atoms with E-state index in [-0.39, 0.29) is 36.5 Å². The number of nitrogens with one attached hydrogen (secondary N) is 2. The van der Waals surface area contributed by atoms with Crippen LogP contribution in [0.25, 0.3) is 0 Å².